The summed E-state index contributed by atoms with van der Waals surface area (Å²) in [5, 5.41) is 4.75. The average molecular weight is 377 g/mol. The molecule has 1 aromatic carbocycles. The molecule has 0 spiro atoms. The first kappa shape index (κ1) is 12.5. The van der Waals surface area contributed by atoms with Crippen molar-refractivity contribution in [1.82, 2.24) is 4.98 Å². The minimum absolute atomic E-state index is 0.281. The van der Waals surface area contributed by atoms with Crippen molar-refractivity contribution in [3.8, 4) is 0 Å². The fourth-order valence-corrected chi connectivity index (χ4v) is 2.42. The summed E-state index contributed by atoms with van der Waals surface area (Å²) in [6.45, 7) is 0. The molecule has 7 heteroatoms. The zero-order valence-corrected chi connectivity index (χ0v) is 12.4. The minimum Gasteiger partial charge on any atom is -0.375 e. The molecule has 0 bridgehead atoms. The Kier molecular flexibility index (Phi) is 3.80. The molecule has 0 aliphatic rings. The van der Waals surface area contributed by atoms with Crippen molar-refractivity contribution in [2.75, 3.05) is 11.1 Å². The Morgan fingerprint density at radius 2 is 2.18 bits per heavy atom. The molecule has 3 N–H and O–H groups in total. The number of carbonyl (C=O) groups is 1. The van der Waals surface area contributed by atoms with Crippen LogP contribution in [0.5, 0.6) is 0 Å². The van der Waals surface area contributed by atoms with Crippen molar-refractivity contribution >= 4 is 59.9 Å². The van der Waals surface area contributed by atoms with Gasteiger partial charge in [-0.2, -0.15) is 0 Å². The number of anilines is 2. The Labute approximate surface area is 118 Å². The maximum Gasteiger partial charge on any atom is 0.275 e. The Morgan fingerprint density at radius 1 is 1.41 bits per heavy atom. The summed E-state index contributed by atoms with van der Waals surface area (Å²) in [5.41, 5.74) is 6.47. The van der Waals surface area contributed by atoms with Crippen molar-refractivity contribution in [2.45, 2.75) is 0 Å². The lowest BCUT2D eigenvalue weighted by Crippen LogP contribution is -2.12. The molecule has 0 saturated carbocycles. The topological polar surface area (TPSA) is 68.0 Å². The van der Waals surface area contributed by atoms with Crippen molar-refractivity contribution in [3.63, 3.8) is 0 Å². The number of amides is 1. The standard InChI is InChI=1S/C10H7Br2N3OS/c11-5-1-2-6(12)7(3-5)14-9(16)8-4-17-10(13)15-8/h1-4H,(H2,13,15)(H,14,16). The second-order valence-corrected chi connectivity index (χ2v) is 5.81. The van der Waals surface area contributed by atoms with Gasteiger partial charge in [-0.1, -0.05) is 15.9 Å². The van der Waals surface area contributed by atoms with E-state index >= 15 is 0 Å². The molecule has 0 saturated heterocycles. The number of nitrogens with two attached hydrogens (primary N) is 1. The Hall–Kier alpha value is -0.920. The first-order chi connectivity index (χ1) is 8.06. The molecule has 2 aromatic rings. The van der Waals surface area contributed by atoms with E-state index < -0.39 is 0 Å². The third kappa shape index (κ3) is 3.05. The summed E-state index contributed by atoms with van der Waals surface area (Å²) in [4.78, 5) is 15.7. The zero-order valence-electron chi connectivity index (χ0n) is 8.41. The third-order valence-corrected chi connectivity index (χ3v) is 3.79. The lowest BCUT2D eigenvalue weighted by atomic mass is 10.3. The van der Waals surface area contributed by atoms with Gasteiger partial charge in [-0.15, -0.1) is 11.3 Å². The fraction of sp³-hybridized carbons (Fsp3) is 0. The van der Waals surface area contributed by atoms with E-state index in [9.17, 15) is 4.79 Å². The molecule has 2 rings (SSSR count). The summed E-state index contributed by atoms with van der Waals surface area (Å²) in [6.07, 6.45) is 0. The van der Waals surface area contributed by atoms with Gasteiger partial charge in [0, 0.05) is 14.3 Å². The second kappa shape index (κ2) is 5.16. The summed E-state index contributed by atoms with van der Waals surface area (Å²) in [6, 6.07) is 5.52. The van der Waals surface area contributed by atoms with Crippen LogP contribution in [0.2, 0.25) is 0 Å². The van der Waals surface area contributed by atoms with Crippen molar-refractivity contribution in [3.05, 3.63) is 38.2 Å². The summed E-state index contributed by atoms with van der Waals surface area (Å²) in [7, 11) is 0. The predicted octanol–water partition coefficient (Wildman–Crippen LogP) is 3.50. The quantitative estimate of drug-likeness (QED) is 0.842. The van der Waals surface area contributed by atoms with E-state index in [4.69, 9.17) is 5.73 Å². The van der Waals surface area contributed by atoms with Gasteiger partial charge in [0.1, 0.15) is 5.69 Å². The molecule has 1 aromatic heterocycles. The van der Waals surface area contributed by atoms with E-state index in [0.29, 0.717) is 16.5 Å². The van der Waals surface area contributed by atoms with Crippen LogP contribution < -0.4 is 11.1 Å². The van der Waals surface area contributed by atoms with Crippen LogP contribution in [0.3, 0.4) is 0 Å². The van der Waals surface area contributed by atoms with E-state index in [0.717, 1.165) is 8.95 Å². The Bertz CT molecular complexity index is 570. The molecule has 1 amide bonds. The summed E-state index contributed by atoms with van der Waals surface area (Å²) in [5.74, 6) is -0.281. The van der Waals surface area contributed by atoms with E-state index in [1.54, 1.807) is 11.4 Å². The van der Waals surface area contributed by atoms with E-state index in [2.05, 4.69) is 42.2 Å². The van der Waals surface area contributed by atoms with Crippen molar-refractivity contribution < 1.29 is 4.79 Å². The monoisotopic (exact) mass is 375 g/mol. The number of nitrogens with zero attached hydrogens (tertiary/aromatic N) is 1. The van der Waals surface area contributed by atoms with Gasteiger partial charge < -0.3 is 11.1 Å². The van der Waals surface area contributed by atoms with Crippen LogP contribution in [0.1, 0.15) is 10.5 Å². The van der Waals surface area contributed by atoms with E-state index in [-0.39, 0.29) is 5.91 Å². The lowest BCUT2D eigenvalue weighted by molar-refractivity contribution is 0.102. The van der Waals surface area contributed by atoms with E-state index in [1.165, 1.54) is 11.3 Å². The van der Waals surface area contributed by atoms with Gasteiger partial charge in [-0.05, 0) is 34.1 Å². The van der Waals surface area contributed by atoms with Gasteiger partial charge in [0.2, 0.25) is 0 Å². The highest BCUT2D eigenvalue weighted by Crippen LogP contribution is 2.26. The van der Waals surface area contributed by atoms with Gasteiger partial charge in [-0.3, -0.25) is 4.79 Å². The Balaban J connectivity index is 2.21. The van der Waals surface area contributed by atoms with Gasteiger partial charge in [0.05, 0.1) is 5.69 Å². The molecule has 0 atom stereocenters. The number of rotatable bonds is 2. The molecule has 17 heavy (non-hydrogen) atoms. The minimum atomic E-state index is -0.281. The molecule has 0 radical (unpaired) electrons. The van der Waals surface area contributed by atoms with Crippen LogP contribution in [0.25, 0.3) is 0 Å². The zero-order chi connectivity index (χ0) is 12.4. The molecular weight excluding hydrogens is 370 g/mol. The van der Waals surface area contributed by atoms with Crippen LogP contribution in [-0.2, 0) is 0 Å². The summed E-state index contributed by atoms with van der Waals surface area (Å²) < 4.78 is 1.69. The third-order valence-electron chi connectivity index (χ3n) is 1.93. The molecule has 0 unspecified atom stereocenters. The van der Waals surface area contributed by atoms with Crippen molar-refractivity contribution in [1.29, 1.82) is 0 Å². The lowest BCUT2D eigenvalue weighted by Gasteiger charge is -2.06. The normalized spacial score (nSPS) is 10.2. The number of nitrogens with one attached hydrogen (secondary N) is 1. The number of benzene rings is 1. The number of aromatic nitrogens is 1. The smallest absolute Gasteiger partial charge is 0.275 e. The highest BCUT2D eigenvalue weighted by Gasteiger charge is 2.11. The first-order valence-electron chi connectivity index (χ1n) is 4.53. The summed E-state index contributed by atoms with van der Waals surface area (Å²) >= 11 is 7.94. The first-order valence-corrected chi connectivity index (χ1v) is 7.00. The van der Waals surface area contributed by atoms with Crippen LogP contribution in [-0.4, -0.2) is 10.9 Å². The van der Waals surface area contributed by atoms with Crippen LogP contribution in [0, 0.1) is 0 Å². The van der Waals surface area contributed by atoms with E-state index in [1.807, 2.05) is 12.1 Å². The Morgan fingerprint density at radius 3 is 2.82 bits per heavy atom. The van der Waals surface area contributed by atoms with Crippen molar-refractivity contribution in [2.24, 2.45) is 0 Å². The number of carbonyl (C=O) groups excluding carboxylic acids is 1. The van der Waals surface area contributed by atoms with Gasteiger partial charge in [0.25, 0.3) is 5.91 Å². The molecule has 88 valence electrons. The molecule has 4 nitrogen and oxygen atoms in total. The molecule has 0 fully saturated rings. The van der Waals surface area contributed by atoms with Gasteiger partial charge in [-0.25, -0.2) is 4.98 Å². The number of thiazole rings is 1. The van der Waals surface area contributed by atoms with Gasteiger partial charge in [0.15, 0.2) is 5.13 Å². The molecule has 1 heterocycles. The number of nitrogen functional groups attached to an aromatic ring is 1. The molecule has 0 aliphatic heterocycles. The maximum absolute atomic E-state index is 11.8. The maximum atomic E-state index is 11.8. The van der Waals surface area contributed by atoms with Crippen LogP contribution in [0.15, 0.2) is 32.5 Å². The second-order valence-electron chi connectivity index (χ2n) is 3.15. The number of hydrogen-bond donors (Lipinski definition) is 2. The fourth-order valence-electron chi connectivity index (χ4n) is 1.17. The molecule has 0 aliphatic carbocycles. The largest absolute Gasteiger partial charge is 0.375 e. The van der Waals surface area contributed by atoms with Crippen LogP contribution in [0.4, 0.5) is 10.8 Å². The predicted molar refractivity (Wildman–Crippen MR) is 76.3 cm³/mol. The average Bonchev–Trinajstić information content (AvgIpc) is 2.70. The highest BCUT2D eigenvalue weighted by atomic mass is 79.9. The molecular formula is C10H7Br2N3OS. The van der Waals surface area contributed by atoms with Gasteiger partial charge >= 0.3 is 0 Å². The SMILES string of the molecule is Nc1nc(C(=O)Nc2cc(Br)ccc2Br)cs1. The number of halogens is 2. The van der Waals surface area contributed by atoms with Crippen LogP contribution >= 0.6 is 43.2 Å². The highest BCUT2D eigenvalue weighted by molar-refractivity contribution is 9.11. The number of hydrogen-bond acceptors (Lipinski definition) is 4.